The summed E-state index contributed by atoms with van der Waals surface area (Å²) in [5, 5.41) is 0. The van der Waals surface area contributed by atoms with Gasteiger partial charge in [0.25, 0.3) is 0 Å². The molecule has 76 valence electrons. The van der Waals surface area contributed by atoms with Gasteiger partial charge in [-0.15, -0.1) is 0 Å². The minimum absolute atomic E-state index is 0.450. The van der Waals surface area contributed by atoms with Gasteiger partial charge in [0.1, 0.15) is 0 Å². The maximum atomic E-state index is 3.98. The Balaban J connectivity index is 2.88. The second-order valence-electron chi connectivity index (χ2n) is 4.05. The third-order valence-electron chi connectivity index (χ3n) is 2.65. The number of nitrogens with zero attached hydrogens (tertiary/aromatic N) is 1. The van der Waals surface area contributed by atoms with Crippen molar-refractivity contribution in [3.8, 4) is 0 Å². The Hall–Kier alpha value is -1.24. The van der Waals surface area contributed by atoms with Gasteiger partial charge in [0.15, 0.2) is 0 Å². The van der Waals surface area contributed by atoms with E-state index in [2.05, 4.69) is 63.7 Å². The summed E-state index contributed by atoms with van der Waals surface area (Å²) in [4.78, 5) is 2.11. The predicted molar refractivity (Wildman–Crippen MR) is 64.0 cm³/mol. The van der Waals surface area contributed by atoms with E-state index in [1.807, 2.05) is 0 Å². The van der Waals surface area contributed by atoms with Gasteiger partial charge < -0.3 is 4.90 Å². The van der Waals surface area contributed by atoms with E-state index in [0.717, 1.165) is 0 Å². The zero-order valence-corrected chi connectivity index (χ0v) is 9.54. The van der Waals surface area contributed by atoms with Crippen LogP contribution in [0.1, 0.15) is 25.3 Å². The van der Waals surface area contributed by atoms with Gasteiger partial charge in [0, 0.05) is 25.7 Å². The largest absolute Gasteiger partial charge is 0.378 e. The van der Waals surface area contributed by atoms with E-state index in [1.165, 1.54) is 16.8 Å². The molecule has 1 nitrogen and oxygen atoms in total. The molecule has 0 amide bonds. The molecule has 0 bridgehead atoms. The molecule has 0 saturated heterocycles. The monoisotopic (exact) mass is 189 g/mol. The molecular formula is C13H19N. The summed E-state index contributed by atoms with van der Waals surface area (Å²) in [5.41, 5.74) is 3.79. The second-order valence-corrected chi connectivity index (χ2v) is 4.05. The van der Waals surface area contributed by atoms with Gasteiger partial charge in [-0.3, -0.25) is 0 Å². The van der Waals surface area contributed by atoms with Gasteiger partial charge in [0.2, 0.25) is 0 Å². The van der Waals surface area contributed by atoms with Gasteiger partial charge >= 0.3 is 0 Å². The van der Waals surface area contributed by atoms with Crippen LogP contribution in [0, 0.1) is 0 Å². The van der Waals surface area contributed by atoms with Crippen LogP contribution in [0.2, 0.25) is 0 Å². The molecular weight excluding hydrogens is 170 g/mol. The zero-order valence-electron chi connectivity index (χ0n) is 9.54. The Bertz CT molecular complexity index is 309. The number of hydrogen-bond donors (Lipinski definition) is 0. The van der Waals surface area contributed by atoms with Crippen LogP contribution < -0.4 is 4.90 Å². The Kier molecular flexibility index (Phi) is 3.34. The van der Waals surface area contributed by atoms with Crippen LogP contribution in [0.3, 0.4) is 0 Å². The lowest BCUT2D eigenvalue weighted by Gasteiger charge is -2.15. The van der Waals surface area contributed by atoms with Crippen LogP contribution in [0.25, 0.3) is 0 Å². The average Bonchev–Trinajstić information content (AvgIpc) is 2.16. The van der Waals surface area contributed by atoms with Crippen LogP contribution in [-0.4, -0.2) is 14.1 Å². The highest BCUT2D eigenvalue weighted by Gasteiger charge is 2.05. The number of hydrogen-bond acceptors (Lipinski definition) is 1. The standard InChI is InChI=1S/C13H19N/c1-10(2)11(3)12-6-8-13(9-7-12)14(4)5/h6-9,11H,1H2,2-5H3. The highest BCUT2D eigenvalue weighted by Crippen LogP contribution is 2.23. The van der Waals surface area contributed by atoms with Crippen molar-refractivity contribution in [1.29, 1.82) is 0 Å². The van der Waals surface area contributed by atoms with E-state index in [1.54, 1.807) is 0 Å². The van der Waals surface area contributed by atoms with Crippen LogP contribution >= 0.6 is 0 Å². The Morgan fingerprint density at radius 3 is 2.07 bits per heavy atom. The molecule has 1 rings (SSSR count). The van der Waals surface area contributed by atoms with Crippen molar-refractivity contribution in [3.05, 3.63) is 42.0 Å². The van der Waals surface area contributed by atoms with Gasteiger partial charge in [-0.2, -0.15) is 0 Å². The molecule has 14 heavy (non-hydrogen) atoms. The molecule has 0 aliphatic carbocycles. The van der Waals surface area contributed by atoms with Crippen molar-refractivity contribution in [2.24, 2.45) is 0 Å². The lowest BCUT2D eigenvalue weighted by molar-refractivity contribution is 0.898. The summed E-state index contributed by atoms with van der Waals surface area (Å²) in [6, 6.07) is 8.65. The fourth-order valence-electron chi connectivity index (χ4n) is 1.35. The van der Waals surface area contributed by atoms with Gasteiger partial charge in [0.05, 0.1) is 0 Å². The Labute approximate surface area is 87.1 Å². The molecule has 1 atom stereocenters. The van der Waals surface area contributed by atoms with Crippen molar-refractivity contribution in [2.45, 2.75) is 19.8 Å². The summed E-state index contributed by atoms with van der Waals surface area (Å²) in [5.74, 6) is 0.450. The maximum absolute atomic E-state index is 3.98. The molecule has 1 aromatic carbocycles. The molecule has 0 spiro atoms. The molecule has 0 aliphatic heterocycles. The molecule has 1 unspecified atom stereocenters. The highest BCUT2D eigenvalue weighted by molar-refractivity contribution is 5.47. The average molecular weight is 189 g/mol. The maximum Gasteiger partial charge on any atom is 0.0361 e. The van der Waals surface area contributed by atoms with E-state index in [-0.39, 0.29) is 0 Å². The fourth-order valence-corrected chi connectivity index (χ4v) is 1.35. The first-order valence-electron chi connectivity index (χ1n) is 4.95. The SMILES string of the molecule is C=C(C)C(C)c1ccc(N(C)C)cc1. The molecule has 0 N–H and O–H groups in total. The normalized spacial score (nSPS) is 12.3. The minimum Gasteiger partial charge on any atom is -0.378 e. The summed E-state index contributed by atoms with van der Waals surface area (Å²) >= 11 is 0. The fraction of sp³-hybridized carbons (Fsp3) is 0.385. The first-order valence-corrected chi connectivity index (χ1v) is 4.95. The summed E-state index contributed by atoms with van der Waals surface area (Å²) in [7, 11) is 4.11. The Morgan fingerprint density at radius 1 is 1.21 bits per heavy atom. The van der Waals surface area contributed by atoms with E-state index >= 15 is 0 Å². The third kappa shape index (κ3) is 2.38. The molecule has 1 heteroatoms. The lowest BCUT2D eigenvalue weighted by atomic mass is 9.95. The van der Waals surface area contributed by atoms with Crippen molar-refractivity contribution < 1.29 is 0 Å². The van der Waals surface area contributed by atoms with Crippen molar-refractivity contribution >= 4 is 5.69 Å². The first kappa shape index (κ1) is 10.8. The number of allylic oxidation sites excluding steroid dienone is 1. The molecule has 1 aromatic rings. The summed E-state index contributed by atoms with van der Waals surface area (Å²) in [6.45, 7) is 8.24. The van der Waals surface area contributed by atoms with E-state index in [9.17, 15) is 0 Å². The molecule has 0 aromatic heterocycles. The van der Waals surface area contributed by atoms with Gasteiger partial charge in [-0.25, -0.2) is 0 Å². The number of benzene rings is 1. The molecule has 0 saturated carbocycles. The van der Waals surface area contributed by atoms with E-state index < -0.39 is 0 Å². The molecule has 0 heterocycles. The first-order chi connectivity index (χ1) is 6.52. The summed E-state index contributed by atoms with van der Waals surface area (Å²) < 4.78 is 0. The van der Waals surface area contributed by atoms with E-state index in [0.29, 0.717) is 5.92 Å². The third-order valence-corrected chi connectivity index (χ3v) is 2.65. The summed E-state index contributed by atoms with van der Waals surface area (Å²) in [6.07, 6.45) is 0. The quantitative estimate of drug-likeness (QED) is 0.658. The van der Waals surface area contributed by atoms with Crippen LogP contribution in [-0.2, 0) is 0 Å². The molecule has 0 fully saturated rings. The number of anilines is 1. The van der Waals surface area contributed by atoms with Crippen molar-refractivity contribution in [3.63, 3.8) is 0 Å². The van der Waals surface area contributed by atoms with Crippen LogP contribution in [0.5, 0.6) is 0 Å². The predicted octanol–water partition coefficient (Wildman–Crippen LogP) is 3.43. The zero-order chi connectivity index (χ0) is 10.7. The highest BCUT2D eigenvalue weighted by atomic mass is 15.1. The van der Waals surface area contributed by atoms with Gasteiger partial charge in [-0.1, -0.05) is 31.2 Å². The molecule has 0 aliphatic rings. The minimum atomic E-state index is 0.450. The van der Waals surface area contributed by atoms with Gasteiger partial charge in [-0.05, 0) is 24.6 Å². The topological polar surface area (TPSA) is 3.24 Å². The smallest absolute Gasteiger partial charge is 0.0361 e. The second kappa shape index (κ2) is 4.32. The van der Waals surface area contributed by atoms with Crippen molar-refractivity contribution in [1.82, 2.24) is 0 Å². The van der Waals surface area contributed by atoms with E-state index in [4.69, 9.17) is 0 Å². The lowest BCUT2D eigenvalue weighted by Crippen LogP contribution is -2.08. The van der Waals surface area contributed by atoms with Crippen molar-refractivity contribution in [2.75, 3.05) is 19.0 Å². The Morgan fingerprint density at radius 2 is 1.71 bits per heavy atom. The number of rotatable bonds is 3. The molecule has 0 radical (unpaired) electrons. The van der Waals surface area contributed by atoms with Crippen LogP contribution in [0.15, 0.2) is 36.4 Å². The van der Waals surface area contributed by atoms with Crippen LogP contribution in [0.4, 0.5) is 5.69 Å².